The van der Waals surface area contributed by atoms with E-state index in [9.17, 15) is 14.4 Å². The highest BCUT2D eigenvalue weighted by Crippen LogP contribution is 2.22. The van der Waals surface area contributed by atoms with Crippen LogP contribution >= 0.6 is 11.8 Å². The van der Waals surface area contributed by atoms with Gasteiger partial charge >= 0.3 is 0 Å². The lowest BCUT2D eigenvalue weighted by molar-refractivity contribution is -0.118. The Morgan fingerprint density at radius 2 is 1.83 bits per heavy atom. The quantitative estimate of drug-likeness (QED) is 0.349. The van der Waals surface area contributed by atoms with Crippen molar-refractivity contribution in [2.45, 2.75) is 45.3 Å². The fourth-order valence-corrected chi connectivity index (χ4v) is 4.19. The van der Waals surface area contributed by atoms with E-state index in [2.05, 4.69) is 34.7 Å². The van der Waals surface area contributed by atoms with Crippen LogP contribution in [-0.4, -0.2) is 38.2 Å². The van der Waals surface area contributed by atoms with E-state index in [0.29, 0.717) is 46.8 Å². The molecule has 0 aliphatic heterocycles. The summed E-state index contributed by atoms with van der Waals surface area (Å²) < 4.78 is 1.93. The van der Waals surface area contributed by atoms with Crippen LogP contribution in [0.5, 0.6) is 0 Å². The second-order valence-electron chi connectivity index (χ2n) is 8.58. The first-order chi connectivity index (χ1) is 16.7. The van der Waals surface area contributed by atoms with E-state index in [-0.39, 0.29) is 24.0 Å². The number of nitrogens with one attached hydrogen (secondary N) is 2. The fourth-order valence-electron chi connectivity index (χ4n) is 3.42. The summed E-state index contributed by atoms with van der Waals surface area (Å²) in [6.07, 6.45) is 0.577. The molecule has 0 aliphatic rings. The van der Waals surface area contributed by atoms with E-state index in [1.54, 1.807) is 24.3 Å². The number of primary amides is 1. The van der Waals surface area contributed by atoms with Gasteiger partial charge in [0, 0.05) is 25.1 Å². The van der Waals surface area contributed by atoms with Crippen LogP contribution in [-0.2, 0) is 22.6 Å². The number of hydrogen-bond donors (Lipinski definition) is 3. The number of rotatable bonds is 11. The zero-order chi connectivity index (χ0) is 25.4. The predicted octanol–water partition coefficient (Wildman–Crippen LogP) is 3.64. The summed E-state index contributed by atoms with van der Waals surface area (Å²) in [6, 6.07) is 14.4. The molecule has 0 bridgehead atoms. The lowest BCUT2D eigenvalue weighted by Crippen LogP contribution is -2.20. The number of para-hydroxylation sites is 1. The third kappa shape index (κ3) is 7.68. The van der Waals surface area contributed by atoms with Crippen molar-refractivity contribution in [3.8, 4) is 0 Å². The van der Waals surface area contributed by atoms with Crippen LogP contribution in [0.4, 0.5) is 11.4 Å². The lowest BCUT2D eigenvalue weighted by Gasteiger charge is -2.13. The monoisotopic (exact) mass is 494 g/mol. The van der Waals surface area contributed by atoms with Crippen LogP contribution < -0.4 is 16.4 Å². The highest BCUT2D eigenvalue weighted by Gasteiger charge is 2.17. The van der Waals surface area contributed by atoms with Gasteiger partial charge in [0.1, 0.15) is 5.82 Å². The van der Waals surface area contributed by atoms with Crippen LogP contribution in [0.3, 0.4) is 0 Å². The van der Waals surface area contributed by atoms with Gasteiger partial charge in [-0.2, -0.15) is 0 Å². The fraction of sp³-hybridized carbons (Fsp3) is 0.320. The number of benzene rings is 2. The molecule has 3 rings (SSSR count). The van der Waals surface area contributed by atoms with Gasteiger partial charge in [-0.1, -0.05) is 49.9 Å². The molecule has 1 heterocycles. The maximum absolute atomic E-state index is 12.8. The summed E-state index contributed by atoms with van der Waals surface area (Å²) in [6.45, 7) is 6.74. The molecule has 0 saturated heterocycles. The van der Waals surface area contributed by atoms with Crippen molar-refractivity contribution in [3.05, 3.63) is 65.5 Å². The van der Waals surface area contributed by atoms with E-state index in [1.807, 2.05) is 35.8 Å². The van der Waals surface area contributed by atoms with Crippen molar-refractivity contribution in [1.29, 1.82) is 0 Å². The molecule has 0 spiro atoms. The Kier molecular flexibility index (Phi) is 9.02. The molecule has 3 aromatic rings. The van der Waals surface area contributed by atoms with E-state index in [4.69, 9.17) is 5.73 Å². The normalized spacial score (nSPS) is 10.9. The molecule has 0 atom stereocenters. The van der Waals surface area contributed by atoms with Crippen molar-refractivity contribution >= 4 is 40.9 Å². The van der Waals surface area contributed by atoms with Crippen molar-refractivity contribution < 1.29 is 14.4 Å². The molecule has 35 heavy (non-hydrogen) atoms. The predicted molar refractivity (Wildman–Crippen MR) is 137 cm³/mol. The molecule has 0 unspecified atom stereocenters. The Morgan fingerprint density at radius 1 is 1.06 bits per heavy atom. The maximum Gasteiger partial charge on any atom is 0.257 e. The van der Waals surface area contributed by atoms with E-state index in [0.717, 1.165) is 5.56 Å². The first-order valence-electron chi connectivity index (χ1n) is 11.3. The molecule has 0 aliphatic carbocycles. The molecule has 0 fully saturated rings. The number of hydrogen-bond acceptors (Lipinski definition) is 6. The SMILES string of the molecule is Cc1cccc(NC(=O)c2ccccc2NC(=O)CSc2nnc(CCC(N)=O)n2CC(C)C)c1. The van der Waals surface area contributed by atoms with Crippen LogP contribution in [0.1, 0.15) is 42.0 Å². The third-order valence-electron chi connectivity index (χ3n) is 4.99. The van der Waals surface area contributed by atoms with Gasteiger partial charge in [0.25, 0.3) is 5.91 Å². The summed E-state index contributed by atoms with van der Waals surface area (Å²) in [5, 5.41) is 14.7. The van der Waals surface area contributed by atoms with Crippen molar-refractivity contribution in [1.82, 2.24) is 14.8 Å². The topological polar surface area (TPSA) is 132 Å². The maximum atomic E-state index is 12.8. The Balaban J connectivity index is 1.66. The first-order valence-corrected chi connectivity index (χ1v) is 12.3. The zero-order valence-electron chi connectivity index (χ0n) is 20.1. The van der Waals surface area contributed by atoms with Crippen LogP contribution in [0.2, 0.25) is 0 Å². The first kappa shape index (κ1) is 26.0. The molecule has 10 heteroatoms. The molecule has 9 nitrogen and oxygen atoms in total. The Bertz CT molecular complexity index is 1210. The lowest BCUT2D eigenvalue weighted by atomic mass is 10.1. The second-order valence-corrected chi connectivity index (χ2v) is 9.52. The minimum Gasteiger partial charge on any atom is -0.370 e. The molecule has 4 N–H and O–H groups in total. The number of carbonyl (C=O) groups is 3. The summed E-state index contributed by atoms with van der Waals surface area (Å²) in [5.74, 6) is 0.0880. The smallest absolute Gasteiger partial charge is 0.257 e. The number of anilines is 2. The Hall–Kier alpha value is -3.66. The van der Waals surface area contributed by atoms with Crippen molar-refractivity contribution in [2.75, 3.05) is 16.4 Å². The summed E-state index contributed by atoms with van der Waals surface area (Å²) in [4.78, 5) is 36.8. The Labute approximate surface area is 208 Å². The van der Waals surface area contributed by atoms with Gasteiger partial charge in [-0.25, -0.2) is 0 Å². The van der Waals surface area contributed by atoms with Crippen LogP contribution in [0, 0.1) is 12.8 Å². The van der Waals surface area contributed by atoms with E-state index >= 15 is 0 Å². The van der Waals surface area contributed by atoms with Crippen LogP contribution in [0.25, 0.3) is 0 Å². The second kappa shape index (κ2) is 12.2. The van der Waals surface area contributed by atoms with Crippen molar-refractivity contribution in [2.24, 2.45) is 11.7 Å². The van der Waals surface area contributed by atoms with Gasteiger partial charge in [0.2, 0.25) is 11.8 Å². The summed E-state index contributed by atoms with van der Waals surface area (Å²) in [7, 11) is 0. The number of carbonyl (C=O) groups excluding carboxylic acids is 3. The molecular formula is C25H30N6O3S. The van der Waals surface area contributed by atoms with Crippen LogP contribution in [0.15, 0.2) is 53.7 Å². The number of nitrogens with two attached hydrogens (primary N) is 1. The minimum atomic E-state index is -0.400. The third-order valence-corrected chi connectivity index (χ3v) is 5.96. The van der Waals surface area contributed by atoms with Crippen molar-refractivity contribution in [3.63, 3.8) is 0 Å². The summed E-state index contributed by atoms with van der Waals surface area (Å²) >= 11 is 1.25. The molecule has 0 saturated carbocycles. The van der Waals surface area contributed by atoms with Gasteiger partial charge in [-0.3, -0.25) is 14.4 Å². The van der Waals surface area contributed by atoms with Gasteiger partial charge in [0.05, 0.1) is 17.0 Å². The highest BCUT2D eigenvalue weighted by molar-refractivity contribution is 7.99. The van der Waals surface area contributed by atoms with Gasteiger partial charge in [-0.05, 0) is 42.7 Å². The van der Waals surface area contributed by atoms with E-state index in [1.165, 1.54) is 11.8 Å². The van der Waals surface area contributed by atoms with Gasteiger partial charge < -0.3 is 20.9 Å². The minimum absolute atomic E-state index is 0.0832. The largest absolute Gasteiger partial charge is 0.370 e. The molecule has 1 aromatic heterocycles. The zero-order valence-corrected chi connectivity index (χ0v) is 20.9. The molecule has 184 valence electrons. The molecule has 0 radical (unpaired) electrons. The number of nitrogens with zero attached hydrogens (tertiary/aromatic N) is 3. The van der Waals surface area contributed by atoms with Gasteiger partial charge in [0.15, 0.2) is 5.16 Å². The number of aromatic nitrogens is 3. The number of thioether (sulfide) groups is 1. The summed E-state index contributed by atoms with van der Waals surface area (Å²) in [5.41, 5.74) is 7.78. The molecular weight excluding hydrogens is 464 g/mol. The molecule has 2 aromatic carbocycles. The van der Waals surface area contributed by atoms with Gasteiger partial charge in [-0.15, -0.1) is 10.2 Å². The molecule has 3 amide bonds. The number of amides is 3. The Morgan fingerprint density at radius 3 is 2.54 bits per heavy atom. The average molecular weight is 495 g/mol. The number of aryl methyl sites for hydroxylation is 2. The van der Waals surface area contributed by atoms with E-state index < -0.39 is 5.91 Å². The highest BCUT2D eigenvalue weighted by atomic mass is 32.2. The standard InChI is InChI=1S/C25H30N6O3S/c1-16(2)14-31-22(12-11-21(26)32)29-30-25(31)35-15-23(33)28-20-10-5-4-9-19(20)24(34)27-18-8-6-7-17(3)13-18/h4-10,13,16H,11-12,14-15H2,1-3H3,(H2,26,32)(H,27,34)(H,28,33). The average Bonchev–Trinajstić information content (AvgIpc) is 3.17.